The fourth-order valence-electron chi connectivity index (χ4n) is 2.66. The second kappa shape index (κ2) is 5.92. The summed E-state index contributed by atoms with van der Waals surface area (Å²) in [6.45, 7) is 12.6. The van der Waals surface area contributed by atoms with Gasteiger partial charge in [-0.3, -0.25) is 4.90 Å². The van der Waals surface area contributed by atoms with Crippen LogP contribution in [0.5, 0.6) is 0 Å². The quantitative estimate of drug-likeness (QED) is 0.907. The molecular weight excluding hydrogens is 272 g/mol. The van der Waals surface area contributed by atoms with Crippen molar-refractivity contribution in [3.63, 3.8) is 0 Å². The molecule has 0 saturated carbocycles. The van der Waals surface area contributed by atoms with E-state index in [1.807, 2.05) is 18.2 Å². The Hall–Kier alpha value is -0.770. The Morgan fingerprint density at radius 2 is 1.75 bits per heavy atom. The normalized spacial score (nSPS) is 19.2. The molecule has 1 aromatic rings. The first-order valence-electron chi connectivity index (χ1n) is 7.26. The van der Waals surface area contributed by atoms with Gasteiger partial charge in [-0.05, 0) is 45.4 Å². The third kappa shape index (κ3) is 3.46. The molecule has 0 aromatic heterocycles. The van der Waals surface area contributed by atoms with Crippen LogP contribution in [0.25, 0.3) is 0 Å². The molecule has 0 radical (unpaired) electrons. The summed E-state index contributed by atoms with van der Waals surface area (Å²) in [6.07, 6.45) is -0.473. The third-order valence-electron chi connectivity index (χ3n) is 4.02. The minimum atomic E-state index is -0.473. The van der Waals surface area contributed by atoms with Crippen molar-refractivity contribution in [3.8, 4) is 0 Å². The van der Waals surface area contributed by atoms with Gasteiger partial charge in [-0.25, -0.2) is 0 Å². The molecule has 0 bridgehead atoms. The molecule has 1 atom stereocenters. The van der Waals surface area contributed by atoms with E-state index in [4.69, 9.17) is 11.6 Å². The van der Waals surface area contributed by atoms with Gasteiger partial charge in [0.15, 0.2) is 0 Å². The summed E-state index contributed by atoms with van der Waals surface area (Å²) in [5, 5.41) is 10.3. The van der Waals surface area contributed by atoms with Gasteiger partial charge >= 0.3 is 0 Å². The Balaban J connectivity index is 2.07. The van der Waals surface area contributed by atoms with Gasteiger partial charge in [0.2, 0.25) is 0 Å². The van der Waals surface area contributed by atoms with Crippen LogP contribution in [-0.2, 0) is 0 Å². The Bertz CT molecular complexity index is 460. The van der Waals surface area contributed by atoms with Gasteiger partial charge in [0.05, 0.1) is 16.8 Å². The first kappa shape index (κ1) is 15.6. The average molecular weight is 297 g/mol. The first-order valence-corrected chi connectivity index (χ1v) is 7.64. The molecule has 112 valence electrons. The van der Waals surface area contributed by atoms with E-state index in [1.165, 1.54) is 0 Å². The summed E-state index contributed by atoms with van der Waals surface area (Å²) < 4.78 is 0. The highest BCUT2D eigenvalue weighted by Gasteiger charge is 2.26. The van der Waals surface area contributed by atoms with Crippen molar-refractivity contribution in [1.29, 1.82) is 0 Å². The monoisotopic (exact) mass is 296 g/mol. The van der Waals surface area contributed by atoms with Crippen molar-refractivity contribution in [2.75, 3.05) is 31.1 Å². The number of nitrogens with zero attached hydrogens (tertiary/aromatic N) is 2. The van der Waals surface area contributed by atoms with E-state index in [9.17, 15) is 5.11 Å². The minimum absolute atomic E-state index is 0.228. The maximum absolute atomic E-state index is 9.59. The lowest BCUT2D eigenvalue weighted by atomic mass is 10.0. The summed E-state index contributed by atoms with van der Waals surface area (Å²) in [5.41, 5.74) is 2.17. The lowest BCUT2D eigenvalue weighted by molar-refractivity contribution is 0.128. The fraction of sp³-hybridized carbons (Fsp3) is 0.625. The number of halogens is 1. The van der Waals surface area contributed by atoms with Crippen LogP contribution in [0.15, 0.2) is 18.2 Å². The molecule has 1 unspecified atom stereocenters. The molecule has 2 rings (SSSR count). The van der Waals surface area contributed by atoms with Crippen LogP contribution in [-0.4, -0.2) is 41.7 Å². The van der Waals surface area contributed by atoms with E-state index < -0.39 is 6.10 Å². The molecule has 1 aliphatic heterocycles. The van der Waals surface area contributed by atoms with Crippen molar-refractivity contribution in [3.05, 3.63) is 28.8 Å². The zero-order chi connectivity index (χ0) is 14.9. The molecule has 0 spiro atoms. The summed E-state index contributed by atoms with van der Waals surface area (Å²) in [7, 11) is 0. The molecule has 0 amide bonds. The lowest BCUT2D eigenvalue weighted by Crippen LogP contribution is -2.53. The fourth-order valence-corrected chi connectivity index (χ4v) is 2.97. The molecule has 4 heteroatoms. The highest BCUT2D eigenvalue weighted by molar-refractivity contribution is 6.33. The van der Waals surface area contributed by atoms with E-state index in [0.29, 0.717) is 0 Å². The Morgan fingerprint density at radius 3 is 2.20 bits per heavy atom. The number of aliphatic hydroxyl groups excluding tert-OH is 1. The van der Waals surface area contributed by atoms with Crippen molar-refractivity contribution < 1.29 is 5.11 Å². The van der Waals surface area contributed by atoms with Gasteiger partial charge in [0, 0.05) is 31.7 Å². The van der Waals surface area contributed by atoms with Crippen molar-refractivity contribution in [2.24, 2.45) is 0 Å². The molecule has 20 heavy (non-hydrogen) atoms. The molecule has 1 saturated heterocycles. The van der Waals surface area contributed by atoms with E-state index in [2.05, 4.69) is 30.6 Å². The standard InChI is InChI=1S/C16H25ClN2O/c1-12(20)13-5-6-15(14(17)11-13)18-7-9-19(10-8-18)16(2,3)4/h5-6,11-12,20H,7-10H2,1-4H3. The molecule has 1 fully saturated rings. The number of piperazine rings is 1. The molecular formula is C16H25ClN2O. The van der Waals surface area contributed by atoms with E-state index in [0.717, 1.165) is 42.5 Å². The average Bonchev–Trinajstić information content (AvgIpc) is 2.37. The Morgan fingerprint density at radius 1 is 1.15 bits per heavy atom. The van der Waals surface area contributed by atoms with Crippen LogP contribution in [0.1, 0.15) is 39.4 Å². The second-order valence-electron chi connectivity index (χ2n) is 6.53. The van der Waals surface area contributed by atoms with E-state index in [1.54, 1.807) is 6.92 Å². The summed E-state index contributed by atoms with van der Waals surface area (Å²) >= 11 is 6.37. The predicted molar refractivity (Wildman–Crippen MR) is 85.6 cm³/mol. The maximum Gasteiger partial charge on any atom is 0.0762 e. The van der Waals surface area contributed by atoms with Crippen LogP contribution in [0, 0.1) is 0 Å². The SMILES string of the molecule is CC(O)c1ccc(N2CCN(C(C)(C)C)CC2)c(Cl)c1. The van der Waals surface area contributed by atoms with Gasteiger partial charge in [0.1, 0.15) is 0 Å². The van der Waals surface area contributed by atoms with Crippen LogP contribution < -0.4 is 4.90 Å². The van der Waals surface area contributed by atoms with Gasteiger partial charge < -0.3 is 10.0 Å². The van der Waals surface area contributed by atoms with Crippen molar-refractivity contribution >= 4 is 17.3 Å². The highest BCUT2D eigenvalue weighted by atomic mass is 35.5. The molecule has 1 aliphatic rings. The van der Waals surface area contributed by atoms with Gasteiger partial charge in [-0.15, -0.1) is 0 Å². The van der Waals surface area contributed by atoms with Crippen molar-refractivity contribution in [1.82, 2.24) is 4.90 Å². The van der Waals surface area contributed by atoms with Crippen LogP contribution in [0.4, 0.5) is 5.69 Å². The maximum atomic E-state index is 9.59. The van der Waals surface area contributed by atoms with Gasteiger partial charge in [0.25, 0.3) is 0 Å². The van der Waals surface area contributed by atoms with Gasteiger partial charge in [-0.1, -0.05) is 17.7 Å². The molecule has 3 nitrogen and oxygen atoms in total. The summed E-state index contributed by atoms with van der Waals surface area (Å²) in [5.74, 6) is 0. The van der Waals surface area contributed by atoms with Gasteiger partial charge in [-0.2, -0.15) is 0 Å². The summed E-state index contributed by atoms with van der Waals surface area (Å²) in [6, 6.07) is 5.86. The number of benzene rings is 1. The molecule has 1 heterocycles. The van der Waals surface area contributed by atoms with Crippen molar-refractivity contribution in [2.45, 2.75) is 39.3 Å². The second-order valence-corrected chi connectivity index (χ2v) is 6.94. The molecule has 1 aromatic carbocycles. The Labute approximate surface area is 127 Å². The smallest absolute Gasteiger partial charge is 0.0762 e. The zero-order valence-electron chi connectivity index (χ0n) is 12.9. The van der Waals surface area contributed by atoms with Crippen LogP contribution >= 0.6 is 11.6 Å². The summed E-state index contributed by atoms with van der Waals surface area (Å²) in [4.78, 5) is 4.83. The van der Waals surface area contributed by atoms with E-state index >= 15 is 0 Å². The number of hydrogen-bond acceptors (Lipinski definition) is 3. The van der Waals surface area contributed by atoms with Crippen LogP contribution in [0.3, 0.4) is 0 Å². The lowest BCUT2D eigenvalue weighted by Gasteiger charge is -2.43. The highest BCUT2D eigenvalue weighted by Crippen LogP contribution is 2.30. The third-order valence-corrected chi connectivity index (χ3v) is 4.33. The number of rotatable bonds is 2. The first-order chi connectivity index (χ1) is 9.29. The minimum Gasteiger partial charge on any atom is -0.389 e. The van der Waals surface area contributed by atoms with Crippen LogP contribution in [0.2, 0.25) is 5.02 Å². The molecule has 0 aliphatic carbocycles. The predicted octanol–water partition coefficient (Wildman–Crippen LogP) is 3.31. The Kier molecular flexibility index (Phi) is 4.62. The van der Waals surface area contributed by atoms with E-state index in [-0.39, 0.29) is 5.54 Å². The number of hydrogen-bond donors (Lipinski definition) is 1. The molecule has 1 N–H and O–H groups in total. The largest absolute Gasteiger partial charge is 0.389 e. The zero-order valence-corrected chi connectivity index (χ0v) is 13.6. The number of anilines is 1. The number of aliphatic hydroxyl groups is 1. The topological polar surface area (TPSA) is 26.7 Å².